The molecule has 0 spiro atoms. The van der Waals surface area contributed by atoms with Crippen LogP contribution in [0.25, 0.3) is 0 Å². The summed E-state index contributed by atoms with van der Waals surface area (Å²) in [4.78, 5) is 12.1. The van der Waals surface area contributed by atoms with Crippen molar-refractivity contribution in [2.45, 2.75) is 38.8 Å². The van der Waals surface area contributed by atoms with Crippen molar-refractivity contribution in [1.29, 1.82) is 0 Å². The summed E-state index contributed by atoms with van der Waals surface area (Å²) >= 11 is 5.83. The van der Waals surface area contributed by atoms with Crippen LogP contribution in [0.4, 0.5) is 0 Å². The highest BCUT2D eigenvalue weighted by Crippen LogP contribution is 2.16. The van der Waals surface area contributed by atoms with Crippen LogP contribution in [0.3, 0.4) is 0 Å². The van der Waals surface area contributed by atoms with E-state index in [1.165, 1.54) is 0 Å². The Morgan fingerprint density at radius 2 is 2.00 bits per heavy atom. The van der Waals surface area contributed by atoms with Crippen molar-refractivity contribution in [3.8, 4) is 0 Å². The van der Waals surface area contributed by atoms with Crippen molar-refractivity contribution in [2.75, 3.05) is 6.54 Å². The average Bonchev–Trinajstić information content (AvgIpc) is 2.37. The number of carbonyl (C=O) groups is 1. The first-order chi connectivity index (χ1) is 9.06. The number of halogens is 2. The quantitative estimate of drug-likeness (QED) is 0.900. The van der Waals surface area contributed by atoms with Crippen molar-refractivity contribution in [2.24, 2.45) is 5.92 Å². The molecule has 0 aromatic heterocycles. The predicted molar refractivity (Wildman–Crippen MR) is 85.6 cm³/mol. The third-order valence-electron chi connectivity index (χ3n) is 3.82. The molecule has 1 aromatic rings. The summed E-state index contributed by atoms with van der Waals surface area (Å²) in [7, 11) is 0. The number of hydrogen-bond donors (Lipinski definition) is 2. The number of benzene rings is 1. The molecular weight excluding hydrogens is 295 g/mol. The van der Waals surface area contributed by atoms with Gasteiger partial charge in [-0.25, -0.2) is 0 Å². The van der Waals surface area contributed by atoms with Crippen LogP contribution in [0.2, 0.25) is 5.02 Å². The maximum atomic E-state index is 12.1. The number of rotatable bonds is 3. The lowest BCUT2D eigenvalue weighted by Crippen LogP contribution is -2.56. The Kier molecular flexibility index (Phi) is 6.80. The fourth-order valence-corrected chi connectivity index (χ4v) is 2.76. The zero-order chi connectivity index (χ0) is 13.8. The normalized spacial score (nSPS) is 25.6. The minimum absolute atomic E-state index is 0. The van der Waals surface area contributed by atoms with Crippen molar-refractivity contribution in [3.63, 3.8) is 0 Å². The van der Waals surface area contributed by atoms with Gasteiger partial charge in [-0.3, -0.25) is 4.79 Å². The van der Waals surface area contributed by atoms with Crippen LogP contribution in [-0.4, -0.2) is 24.5 Å². The molecule has 3 unspecified atom stereocenters. The maximum absolute atomic E-state index is 12.1. The molecule has 0 saturated carbocycles. The molecule has 1 aliphatic heterocycles. The molecule has 1 amide bonds. The summed E-state index contributed by atoms with van der Waals surface area (Å²) < 4.78 is 0. The van der Waals surface area contributed by atoms with Gasteiger partial charge in [0.05, 0.1) is 6.42 Å². The predicted octanol–water partition coefficient (Wildman–Crippen LogP) is 2.81. The van der Waals surface area contributed by atoms with E-state index in [1.807, 2.05) is 24.3 Å². The van der Waals surface area contributed by atoms with Crippen molar-refractivity contribution < 1.29 is 4.79 Å². The van der Waals surface area contributed by atoms with E-state index in [2.05, 4.69) is 24.5 Å². The lowest BCUT2D eigenvalue weighted by atomic mass is 9.89. The third-order valence-corrected chi connectivity index (χ3v) is 4.08. The first kappa shape index (κ1) is 17.3. The van der Waals surface area contributed by atoms with Crippen molar-refractivity contribution in [3.05, 3.63) is 34.9 Å². The summed E-state index contributed by atoms with van der Waals surface area (Å²) in [5, 5.41) is 7.25. The van der Waals surface area contributed by atoms with Crippen LogP contribution in [0.5, 0.6) is 0 Å². The first-order valence-corrected chi connectivity index (χ1v) is 7.21. The van der Waals surface area contributed by atoms with Crippen molar-refractivity contribution >= 4 is 29.9 Å². The summed E-state index contributed by atoms with van der Waals surface area (Å²) in [6, 6.07) is 7.98. The first-order valence-electron chi connectivity index (χ1n) is 6.83. The molecule has 5 heteroatoms. The number of nitrogens with one attached hydrogen (secondary N) is 2. The summed E-state index contributed by atoms with van der Waals surface area (Å²) in [5.41, 5.74) is 0.992. The van der Waals surface area contributed by atoms with Gasteiger partial charge in [0.2, 0.25) is 5.91 Å². The fraction of sp³-hybridized carbons (Fsp3) is 0.533. The third kappa shape index (κ3) is 4.65. The van der Waals surface area contributed by atoms with Gasteiger partial charge in [-0.1, -0.05) is 30.7 Å². The molecule has 2 N–H and O–H groups in total. The highest BCUT2D eigenvalue weighted by Gasteiger charge is 2.28. The van der Waals surface area contributed by atoms with Gasteiger partial charge in [0.1, 0.15) is 0 Å². The Labute approximate surface area is 131 Å². The maximum Gasteiger partial charge on any atom is 0.224 e. The summed E-state index contributed by atoms with van der Waals surface area (Å²) in [5.74, 6) is 0.597. The zero-order valence-electron chi connectivity index (χ0n) is 11.9. The standard InChI is InChI=1S/C15H21ClN2O.ClH/c1-10-7-8-17-11(2)15(10)18-14(19)9-12-3-5-13(16)6-4-12;/h3-6,10-11,15,17H,7-9H2,1-2H3,(H,18,19);1H. The summed E-state index contributed by atoms with van der Waals surface area (Å²) in [6.07, 6.45) is 1.52. The lowest BCUT2D eigenvalue weighted by Gasteiger charge is -2.36. The number of piperidine rings is 1. The van der Waals surface area contributed by atoms with Crippen LogP contribution in [-0.2, 0) is 11.2 Å². The van der Waals surface area contributed by atoms with Crippen LogP contribution >= 0.6 is 24.0 Å². The lowest BCUT2D eigenvalue weighted by molar-refractivity contribution is -0.121. The zero-order valence-corrected chi connectivity index (χ0v) is 13.4. The molecule has 3 atom stereocenters. The average molecular weight is 317 g/mol. The Bertz CT molecular complexity index is 426. The highest BCUT2D eigenvalue weighted by atomic mass is 35.5. The molecule has 1 heterocycles. The molecule has 0 aliphatic carbocycles. The van der Waals surface area contributed by atoms with Gasteiger partial charge < -0.3 is 10.6 Å². The monoisotopic (exact) mass is 316 g/mol. The van der Waals surface area contributed by atoms with Gasteiger partial charge in [0, 0.05) is 17.1 Å². The second-order valence-electron chi connectivity index (χ2n) is 5.41. The number of amides is 1. The van der Waals surface area contributed by atoms with Crippen LogP contribution in [0, 0.1) is 5.92 Å². The smallest absolute Gasteiger partial charge is 0.224 e. The fourth-order valence-electron chi connectivity index (χ4n) is 2.63. The number of hydrogen-bond acceptors (Lipinski definition) is 2. The molecule has 1 aliphatic rings. The molecular formula is C15H22Cl2N2O. The van der Waals surface area contributed by atoms with E-state index in [0.29, 0.717) is 23.4 Å². The van der Waals surface area contributed by atoms with Gasteiger partial charge in [0.25, 0.3) is 0 Å². The van der Waals surface area contributed by atoms with Gasteiger partial charge in [-0.2, -0.15) is 0 Å². The van der Waals surface area contributed by atoms with E-state index in [9.17, 15) is 4.79 Å². The molecule has 1 fully saturated rings. The molecule has 3 nitrogen and oxygen atoms in total. The van der Waals surface area contributed by atoms with E-state index in [4.69, 9.17) is 11.6 Å². The summed E-state index contributed by atoms with van der Waals surface area (Å²) in [6.45, 7) is 5.36. The van der Waals surface area contributed by atoms with E-state index >= 15 is 0 Å². The molecule has 1 aromatic carbocycles. The highest BCUT2D eigenvalue weighted by molar-refractivity contribution is 6.30. The van der Waals surface area contributed by atoms with Gasteiger partial charge in [0.15, 0.2) is 0 Å². The minimum atomic E-state index is 0. The molecule has 1 saturated heterocycles. The molecule has 0 bridgehead atoms. The molecule has 2 rings (SSSR count). The number of carbonyl (C=O) groups excluding carboxylic acids is 1. The Hall–Kier alpha value is -0.770. The van der Waals surface area contributed by atoms with E-state index in [0.717, 1.165) is 18.5 Å². The van der Waals surface area contributed by atoms with Crippen LogP contribution in [0.15, 0.2) is 24.3 Å². The van der Waals surface area contributed by atoms with E-state index in [1.54, 1.807) is 0 Å². The van der Waals surface area contributed by atoms with Gasteiger partial charge >= 0.3 is 0 Å². The SMILES string of the molecule is CC1CCNC(C)C1NC(=O)Cc1ccc(Cl)cc1.Cl. The van der Waals surface area contributed by atoms with Crippen LogP contribution in [0.1, 0.15) is 25.8 Å². The molecule has 0 radical (unpaired) electrons. The second-order valence-corrected chi connectivity index (χ2v) is 5.84. The van der Waals surface area contributed by atoms with Crippen LogP contribution < -0.4 is 10.6 Å². The Morgan fingerprint density at radius 1 is 1.35 bits per heavy atom. The largest absolute Gasteiger partial charge is 0.351 e. The molecule has 20 heavy (non-hydrogen) atoms. The van der Waals surface area contributed by atoms with Gasteiger partial charge in [-0.05, 0) is 43.5 Å². The van der Waals surface area contributed by atoms with Gasteiger partial charge in [-0.15, -0.1) is 12.4 Å². The topological polar surface area (TPSA) is 41.1 Å². The van der Waals surface area contributed by atoms with Crippen molar-refractivity contribution in [1.82, 2.24) is 10.6 Å². The van der Waals surface area contributed by atoms with E-state index in [-0.39, 0.29) is 24.4 Å². The Morgan fingerprint density at radius 3 is 2.60 bits per heavy atom. The molecule has 112 valence electrons. The Balaban J connectivity index is 0.00000200. The van der Waals surface area contributed by atoms with E-state index < -0.39 is 0 Å². The minimum Gasteiger partial charge on any atom is -0.351 e. The second kappa shape index (κ2) is 7.87.